The van der Waals surface area contributed by atoms with Crippen LogP contribution in [-0.2, 0) is 5.41 Å². The fourth-order valence-electron chi connectivity index (χ4n) is 8.67. The smallest absolute Gasteiger partial charge is 0.136 e. The summed E-state index contributed by atoms with van der Waals surface area (Å²) in [6.07, 6.45) is 5.28. The van der Waals surface area contributed by atoms with E-state index in [4.69, 9.17) is 14.7 Å². The van der Waals surface area contributed by atoms with Gasteiger partial charge in [-0.05, 0) is 46.5 Å². The van der Waals surface area contributed by atoms with E-state index in [-0.39, 0.29) is 5.92 Å². The molecule has 3 nitrogen and oxygen atoms in total. The van der Waals surface area contributed by atoms with Crippen LogP contribution >= 0.6 is 11.3 Å². The number of allylic oxidation sites excluding steroid dienone is 4. The molecule has 2 aliphatic carbocycles. The Bertz CT molecular complexity index is 2730. The average Bonchev–Trinajstić information content (AvgIpc) is 3.72. The Balaban J connectivity index is 1.07. The number of ether oxygens (including phenoxy) is 1. The number of para-hydroxylation sites is 1. The van der Waals surface area contributed by atoms with Crippen LogP contribution in [0.5, 0.6) is 5.75 Å². The number of benzene rings is 6. The van der Waals surface area contributed by atoms with Crippen molar-refractivity contribution in [3.8, 4) is 39.4 Å². The van der Waals surface area contributed by atoms with Crippen molar-refractivity contribution in [1.82, 2.24) is 9.97 Å². The van der Waals surface area contributed by atoms with Crippen molar-refractivity contribution in [2.45, 2.75) is 17.8 Å². The highest BCUT2D eigenvalue weighted by atomic mass is 32.1. The summed E-state index contributed by atoms with van der Waals surface area (Å²) < 4.78 is 9.45. The third-order valence-electron chi connectivity index (χ3n) is 10.9. The summed E-state index contributed by atoms with van der Waals surface area (Å²) in [6.45, 7) is 0. The Morgan fingerprint density at radius 1 is 0.569 bits per heavy atom. The number of nitrogens with zero attached hydrogens (tertiary/aromatic N) is 2. The minimum atomic E-state index is -0.462. The molecule has 4 heteroatoms. The first kappa shape index (κ1) is 28.7. The molecular formula is C47H30N2OS. The molecule has 0 bridgehead atoms. The maximum Gasteiger partial charge on any atom is 0.136 e. The van der Waals surface area contributed by atoms with Crippen molar-refractivity contribution in [3.05, 3.63) is 198 Å². The molecule has 0 radical (unpaired) electrons. The van der Waals surface area contributed by atoms with Gasteiger partial charge in [0.25, 0.3) is 0 Å². The van der Waals surface area contributed by atoms with E-state index < -0.39 is 5.41 Å². The molecule has 8 aromatic rings. The fourth-order valence-corrected chi connectivity index (χ4v) is 9.82. The molecular weight excluding hydrogens is 641 g/mol. The molecule has 0 amide bonds. The van der Waals surface area contributed by atoms with E-state index in [9.17, 15) is 0 Å². The molecule has 0 saturated carbocycles. The number of hydrogen-bond acceptors (Lipinski definition) is 4. The quantitative estimate of drug-likeness (QED) is 0.188. The van der Waals surface area contributed by atoms with Gasteiger partial charge < -0.3 is 4.74 Å². The van der Waals surface area contributed by atoms with Crippen molar-refractivity contribution in [3.63, 3.8) is 0 Å². The Labute approximate surface area is 299 Å². The Morgan fingerprint density at radius 2 is 1.22 bits per heavy atom. The van der Waals surface area contributed by atoms with E-state index >= 15 is 0 Å². The van der Waals surface area contributed by atoms with E-state index in [0.29, 0.717) is 6.42 Å². The van der Waals surface area contributed by atoms with Crippen LogP contribution in [-0.4, -0.2) is 9.97 Å². The lowest BCUT2D eigenvalue weighted by atomic mass is 9.64. The van der Waals surface area contributed by atoms with E-state index in [1.807, 2.05) is 17.4 Å². The molecule has 1 aliphatic heterocycles. The van der Waals surface area contributed by atoms with Crippen LogP contribution in [0.2, 0.25) is 0 Å². The number of rotatable bonds is 3. The normalized spacial score (nSPS) is 16.5. The molecule has 3 heterocycles. The highest BCUT2D eigenvalue weighted by Gasteiger charge is 2.52. The fraction of sp³-hybridized carbons (Fsp3) is 0.0638. The zero-order valence-corrected chi connectivity index (χ0v) is 28.4. The third-order valence-corrected chi connectivity index (χ3v) is 12.0. The van der Waals surface area contributed by atoms with Crippen LogP contribution in [0.25, 0.3) is 53.8 Å². The summed E-state index contributed by atoms with van der Waals surface area (Å²) in [6, 6.07) is 54.3. The SMILES string of the molecule is C1=CC(c2nc(-c3ccccc3)cc(-c3ccc4c(c3)sc3ccccc34)n2)CC2=C1C1(c3ccccc3O2)c2ccccc2-c2ccccc21. The van der Waals surface area contributed by atoms with Crippen LogP contribution < -0.4 is 4.74 Å². The van der Waals surface area contributed by atoms with Gasteiger partial charge in [-0.15, -0.1) is 11.3 Å². The number of aromatic nitrogens is 2. The molecule has 0 N–H and O–H groups in total. The first-order chi connectivity index (χ1) is 25.3. The first-order valence-corrected chi connectivity index (χ1v) is 18.3. The van der Waals surface area contributed by atoms with E-state index in [0.717, 1.165) is 39.8 Å². The van der Waals surface area contributed by atoms with Gasteiger partial charge in [-0.25, -0.2) is 9.97 Å². The molecule has 51 heavy (non-hydrogen) atoms. The lowest BCUT2D eigenvalue weighted by Gasteiger charge is -2.42. The minimum absolute atomic E-state index is 0.0616. The van der Waals surface area contributed by atoms with Gasteiger partial charge in [0.2, 0.25) is 0 Å². The topological polar surface area (TPSA) is 35.0 Å². The second-order valence-electron chi connectivity index (χ2n) is 13.6. The molecule has 0 fully saturated rings. The Hall–Kier alpha value is -6.10. The van der Waals surface area contributed by atoms with Crippen molar-refractivity contribution in [2.24, 2.45) is 0 Å². The number of hydrogen-bond donors (Lipinski definition) is 0. The van der Waals surface area contributed by atoms with Gasteiger partial charge in [0.1, 0.15) is 17.3 Å². The van der Waals surface area contributed by atoms with Gasteiger partial charge in [0.15, 0.2) is 0 Å². The number of thiophene rings is 1. The summed E-state index contributed by atoms with van der Waals surface area (Å²) in [4.78, 5) is 10.6. The minimum Gasteiger partial charge on any atom is -0.461 e. The van der Waals surface area contributed by atoms with Crippen LogP contribution in [0.3, 0.4) is 0 Å². The van der Waals surface area contributed by atoms with E-state index in [1.165, 1.54) is 53.6 Å². The summed E-state index contributed by atoms with van der Waals surface area (Å²) in [5, 5.41) is 2.58. The molecule has 1 spiro atoms. The molecule has 6 aromatic carbocycles. The third kappa shape index (κ3) is 4.17. The monoisotopic (exact) mass is 670 g/mol. The summed E-state index contributed by atoms with van der Waals surface area (Å²) in [7, 11) is 0. The van der Waals surface area contributed by atoms with Crippen molar-refractivity contribution < 1.29 is 4.74 Å². The first-order valence-electron chi connectivity index (χ1n) is 17.5. The summed E-state index contributed by atoms with van der Waals surface area (Å²) in [5.41, 5.74) is 11.1. The second kappa shape index (κ2) is 10.9. The van der Waals surface area contributed by atoms with Gasteiger partial charge in [0, 0.05) is 54.8 Å². The molecule has 0 saturated heterocycles. The molecule has 240 valence electrons. The number of fused-ring (bicyclic) bond motifs is 11. The van der Waals surface area contributed by atoms with Gasteiger partial charge >= 0.3 is 0 Å². The van der Waals surface area contributed by atoms with Crippen LogP contribution in [0.4, 0.5) is 0 Å². The molecule has 2 aromatic heterocycles. The molecule has 1 atom stereocenters. The zero-order valence-electron chi connectivity index (χ0n) is 27.6. The largest absolute Gasteiger partial charge is 0.461 e. The van der Waals surface area contributed by atoms with E-state index in [2.05, 4.69) is 158 Å². The predicted octanol–water partition coefficient (Wildman–Crippen LogP) is 11.9. The molecule has 11 rings (SSSR count). The highest BCUT2D eigenvalue weighted by molar-refractivity contribution is 7.25. The second-order valence-corrected chi connectivity index (χ2v) is 14.7. The van der Waals surface area contributed by atoms with Gasteiger partial charge in [0.05, 0.1) is 16.8 Å². The maximum atomic E-state index is 6.89. The lowest BCUT2D eigenvalue weighted by molar-refractivity contribution is 0.355. The van der Waals surface area contributed by atoms with Crippen LogP contribution in [0.1, 0.15) is 34.9 Å². The molecule has 1 unspecified atom stereocenters. The average molecular weight is 671 g/mol. The van der Waals surface area contributed by atoms with Gasteiger partial charge in [-0.3, -0.25) is 0 Å². The summed E-state index contributed by atoms with van der Waals surface area (Å²) >= 11 is 1.83. The van der Waals surface area contributed by atoms with Crippen molar-refractivity contribution >= 4 is 31.5 Å². The highest BCUT2D eigenvalue weighted by Crippen LogP contribution is 2.61. The Kier molecular flexibility index (Phi) is 6.16. The van der Waals surface area contributed by atoms with Gasteiger partial charge in [-0.2, -0.15) is 0 Å². The van der Waals surface area contributed by atoms with Crippen molar-refractivity contribution in [1.29, 1.82) is 0 Å². The zero-order chi connectivity index (χ0) is 33.5. The lowest BCUT2D eigenvalue weighted by Crippen LogP contribution is -2.35. The molecule has 3 aliphatic rings. The van der Waals surface area contributed by atoms with Gasteiger partial charge in [-0.1, -0.05) is 140 Å². The van der Waals surface area contributed by atoms with Crippen molar-refractivity contribution in [2.75, 3.05) is 0 Å². The van der Waals surface area contributed by atoms with Crippen LogP contribution in [0, 0.1) is 0 Å². The van der Waals surface area contributed by atoms with E-state index in [1.54, 1.807) is 0 Å². The summed E-state index contributed by atoms with van der Waals surface area (Å²) in [5.74, 6) is 2.63. The standard InChI is InChI=1S/C47H30N2OS/c1-2-12-29(13-3-1)40-28-41(30-22-24-35-34-16-6-11-21-44(34)51-45(35)27-30)49-46(48-40)31-23-25-39-43(26-31)50-42-20-10-9-19-38(42)47(39)36-17-7-4-14-32(36)33-15-5-8-18-37(33)47/h1-25,27-28,31H,26H2. The predicted molar refractivity (Wildman–Crippen MR) is 208 cm³/mol. The Morgan fingerprint density at radius 3 is 2.02 bits per heavy atom. The maximum absolute atomic E-state index is 6.89. The van der Waals surface area contributed by atoms with Crippen LogP contribution in [0.15, 0.2) is 175 Å².